The second-order valence-electron chi connectivity index (χ2n) is 3.81. The third kappa shape index (κ3) is 2.43. The molecule has 1 aliphatic rings. The normalized spacial score (nSPS) is 15.4. The molecule has 2 rings (SSSR count). The van der Waals surface area contributed by atoms with E-state index in [0.29, 0.717) is 18.0 Å². The zero-order chi connectivity index (χ0) is 12.3. The lowest BCUT2D eigenvalue weighted by molar-refractivity contribution is 0.243. The highest BCUT2D eigenvalue weighted by molar-refractivity contribution is 5.93. The Balaban J connectivity index is 2.32. The Labute approximate surface area is 100 Å². The Kier molecular flexibility index (Phi) is 3.37. The van der Waals surface area contributed by atoms with Gasteiger partial charge in [-0.15, -0.1) is 0 Å². The predicted molar refractivity (Wildman–Crippen MR) is 64.9 cm³/mol. The molecule has 0 aliphatic carbocycles. The minimum atomic E-state index is -0.0773. The fourth-order valence-corrected chi connectivity index (χ4v) is 1.82. The van der Waals surface area contributed by atoms with Crippen LogP contribution in [0.1, 0.15) is 6.42 Å². The molecule has 2 amide bonds. The first-order chi connectivity index (χ1) is 8.24. The number of nitrogens with one attached hydrogen (secondary N) is 1. The van der Waals surface area contributed by atoms with Crippen LogP contribution in [0.2, 0.25) is 0 Å². The molecule has 5 heteroatoms. The number of hydrogen-bond acceptors (Lipinski definition) is 3. The Bertz CT molecular complexity index is 398. The summed E-state index contributed by atoms with van der Waals surface area (Å²) in [5.74, 6) is 1.36. The summed E-state index contributed by atoms with van der Waals surface area (Å²) in [6.07, 6.45) is 0.936. The Hall–Kier alpha value is -1.91. The standard InChI is InChI=1S/C12H16N2O3/c1-16-10-6-9(7-11(8-10)17-2)14-5-3-4-13-12(14)15/h6-8H,3-5H2,1-2H3,(H,13,15). The molecule has 0 spiro atoms. The molecule has 1 N–H and O–H groups in total. The number of rotatable bonds is 3. The number of anilines is 1. The summed E-state index contributed by atoms with van der Waals surface area (Å²) in [4.78, 5) is 13.4. The number of urea groups is 1. The Morgan fingerprint density at radius 3 is 2.35 bits per heavy atom. The van der Waals surface area contributed by atoms with E-state index in [9.17, 15) is 4.79 Å². The second kappa shape index (κ2) is 4.95. The molecule has 1 aliphatic heterocycles. The minimum absolute atomic E-state index is 0.0773. The van der Waals surface area contributed by atoms with Gasteiger partial charge in [0.1, 0.15) is 11.5 Å². The van der Waals surface area contributed by atoms with Crippen LogP contribution in [0.5, 0.6) is 11.5 Å². The highest BCUT2D eigenvalue weighted by atomic mass is 16.5. The number of carbonyl (C=O) groups is 1. The molecule has 1 heterocycles. The molecule has 1 fully saturated rings. The molecular weight excluding hydrogens is 220 g/mol. The van der Waals surface area contributed by atoms with Crippen molar-refractivity contribution in [1.82, 2.24) is 5.32 Å². The van der Waals surface area contributed by atoms with Gasteiger partial charge in [-0.1, -0.05) is 0 Å². The van der Waals surface area contributed by atoms with Crippen LogP contribution in [-0.4, -0.2) is 33.3 Å². The lowest BCUT2D eigenvalue weighted by Gasteiger charge is -2.28. The number of methoxy groups -OCH3 is 2. The van der Waals surface area contributed by atoms with Crippen LogP contribution in [-0.2, 0) is 0 Å². The average molecular weight is 236 g/mol. The molecule has 5 nitrogen and oxygen atoms in total. The van der Waals surface area contributed by atoms with Crippen molar-refractivity contribution in [1.29, 1.82) is 0 Å². The summed E-state index contributed by atoms with van der Waals surface area (Å²) in [5.41, 5.74) is 0.790. The van der Waals surface area contributed by atoms with Crippen molar-refractivity contribution >= 4 is 11.7 Å². The molecule has 1 saturated heterocycles. The average Bonchev–Trinajstić information content (AvgIpc) is 2.38. The van der Waals surface area contributed by atoms with E-state index < -0.39 is 0 Å². The highest BCUT2D eigenvalue weighted by Crippen LogP contribution is 2.29. The molecule has 0 saturated carbocycles. The molecule has 0 atom stereocenters. The first kappa shape index (κ1) is 11.6. The summed E-state index contributed by atoms with van der Waals surface area (Å²) in [6.45, 7) is 1.44. The minimum Gasteiger partial charge on any atom is -0.497 e. The molecule has 0 unspecified atom stereocenters. The number of hydrogen-bond donors (Lipinski definition) is 1. The van der Waals surface area contributed by atoms with Gasteiger partial charge < -0.3 is 14.8 Å². The van der Waals surface area contributed by atoms with Gasteiger partial charge in [0.15, 0.2) is 0 Å². The molecule has 1 aromatic rings. The van der Waals surface area contributed by atoms with Gasteiger partial charge in [0.05, 0.1) is 19.9 Å². The summed E-state index contributed by atoms with van der Waals surface area (Å²) in [5, 5.41) is 2.81. The first-order valence-corrected chi connectivity index (χ1v) is 5.53. The van der Waals surface area contributed by atoms with Gasteiger partial charge in [0, 0.05) is 31.3 Å². The van der Waals surface area contributed by atoms with Gasteiger partial charge in [-0.3, -0.25) is 4.90 Å². The lowest BCUT2D eigenvalue weighted by Crippen LogP contribution is -2.46. The van der Waals surface area contributed by atoms with Gasteiger partial charge in [-0.2, -0.15) is 0 Å². The topological polar surface area (TPSA) is 50.8 Å². The summed E-state index contributed by atoms with van der Waals surface area (Å²) in [7, 11) is 3.18. The van der Waals surface area contributed by atoms with E-state index in [1.807, 2.05) is 12.1 Å². The highest BCUT2D eigenvalue weighted by Gasteiger charge is 2.20. The summed E-state index contributed by atoms with van der Waals surface area (Å²) in [6, 6.07) is 5.36. The van der Waals surface area contributed by atoms with Crippen LogP contribution in [0.25, 0.3) is 0 Å². The van der Waals surface area contributed by atoms with Crippen LogP contribution in [0.4, 0.5) is 10.5 Å². The van der Waals surface area contributed by atoms with Crippen LogP contribution in [0.3, 0.4) is 0 Å². The predicted octanol–water partition coefficient (Wildman–Crippen LogP) is 1.62. The Morgan fingerprint density at radius 2 is 1.82 bits per heavy atom. The van der Waals surface area contributed by atoms with Gasteiger partial charge in [-0.05, 0) is 6.42 Å². The monoisotopic (exact) mass is 236 g/mol. The van der Waals surface area contributed by atoms with E-state index >= 15 is 0 Å². The van der Waals surface area contributed by atoms with E-state index in [2.05, 4.69) is 5.32 Å². The number of amides is 2. The van der Waals surface area contributed by atoms with Gasteiger partial charge in [0.2, 0.25) is 0 Å². The maximum Gasteiger partial charge on any atom is 0.321 e. The maximum absolute atomic E-state index is 11.7. The fourth-order valence-electron chi connectivity index (χ4n) is 1.82. The fraction of sp³-hybridized carbons (Fsp3) is 0.417. The summed E-state index contributed by atoms with van der Waals surface area (Å²) < 4.78 is 10.4. The van der Waals surface area contributed by atoms with E-state index in [-0.39, 0.29) is 6.03 Å². The molecule has 0 bridgehead atoms. The molecular formula is C12H16N2O3. The van der Waals surface area contributed by atoms with Gasteiger partial charge in [0.25, 0.3) is 0 Å². The molecule has 17 heavy (non-hydrogen) atoms. The molecule has 92 valence electrons. The van der Waals surface area contributed by atoms with Crippen molar-refractivity contribution in [3.05, 3.63) is 18.2 Å². The van der Waals surface area contributed by atoms with Crippen molar-refractivity contribution in [2.75, 3.05) is 32.2 Å². The van der Waals surface area contributed by atoms with Crippen molar-refractivity contribution in [2.45, 2.75) is 6.42 Å². The number of benzene rings is 1. The molecule has 1 aromatic carbocycles. The van der Waals surface area contributed by atoms with Crippen LogP contribution in [0, 0.1) is 0 Å². The molecule has 0 radical (unpaired) electrons. The third-order valence-corrected chi connectivity index (χ3v) is 2.73. The van der Waals surface area contributed by atoms with Crippen molar-refractivity contribution in [3.8, 4) is 11.5 Å². The van der Waals surface area contributed by atoms with Crippen LogP contribution < -0.4 is 19.7 Å². The maximum atomic E-state index is 11.7. The zero-order valence-electron chi connectivity index (χ0n) is 10.0. The lowest BCUT2D eigenvalue weighted by atomic mass is 10.2. The van der Waals surface area contributed by atoms with E-state index in [4.69, 9.17) is 9.47 Å². The largest absolute Gasteiger partial charge is 0.497 e. The van der Waals surface area contributed by atoms with Crippen molar-refractivity contribution in [2.24, 2.45) is 0 Å². The number of carbonyl (C=O) groups excluding carboxylic acids is 1. The quantitative estimate of drug-likeness (QED) is 0.867. The van der Waals surface area contributed by atoms with E-state index in [0.717, 1.165) is 18.7 Å². The van der Waals surface area contributed by atoms with Gasteiger partial charge in [-0.25, -0.2) is 4.79 Å². The van der Waals surface area contributed by atoms with E-state index in [1.165, 1.54) is 0 Å². The smallest absolute Gasteiger partial charge is 0.321 e. The van der Waals surface area contributed by atoms with Crippen molar-refractivity contribution in [3.63, 3.8) is 0 Å². The van der Waals surface area contributed by atoms with Crippen molar-refractivity contribution < 1.29 is 14.3 Å². The van der Waals surface area contributed by atoms with E-state index in [1.54, 1.807) is 25.2 Å². The number of ether oxygens (including phenoxy) is 2. The zero-order valence-corrected chi connectivity index (χ0v) is 10.0. The van der Waals surface area contributed by atoms with Crippen LogP contribution in [0.15, 0.2) is 18.2 Å². The first-order valence-electron chi connectivity index (χ1n) is 5.53. The summed E-state index contributed by atoms with van der Waals surface area (Å²) >= 11 is 0. The van der Waals surface area contributed by atoms with Gasteiger partial charge >= 0.3 is 6.03 Å². The third-order valence-electron chi connectivity index (χ3n) is 2.73. The number of nitrogens with zero attached hydrogens (tertiary/aromatic N) is 1. The van der Waals surface area contributed by atoms with Crippen LogP contribution >= 0.6 is 0 Å². The SMILES string of the molecule is COc1cc(OC)cc(N2CCCNC2=O)c1. The second-order valence-corrected chi connectivity index (χ2v) is 3.81. The Morgan fingerprint density at radius 1 is 1.18 bits per heavy atom. The molecule has 0 aromatic heterocycles.